The Kier molecular flexibility index (Phi) is 64.4. The summed E-state index contributed by atoms with van der Waals surface area (Å²) in [6.45, 7) is 6.24. The highest BCUT2D eigenvalue weighted by Gasteiger charge is 2.19. The predicted molar refractivity (Wildman–Crippen MR) is 361 cm³/mol. The number of ether oxygens (including phenoxy) is 3. The molecule has 0 aliphatic carbocycles. The molecule has 0 heterocycles. The zero-order valence-corrected chi connectivity index (χ0v) is 53.1. The van der Waals surface area contributed by atoms with Gasteiger partial charge in [0.2, 0.25) is 0 Å². The van der Waals surface area contributed by atoms with Crippen molar-refractivity contribution in [3.05, 3.63) is 182 Å². The third kappa shape index (κ3) is 67.2. The van der Waals surface area contributed by atoms with Crippen LogP contribution >= 0.6 is 0 Å². The lowest BCUT2D eigenvalue weighted by Gasteiger charge is -2.18. The number of esters is 3. The molecule has 0 bridgehead atoms. The highest BCUT2D eigenvalue weighted by atomic mass is 16.6. The van der Waals surface area contributed by atoms with E-state index in [1.165, 1.54) is 44.9 Å². The fourth-order valence-electron chi connectivity index (χ4n) is 8.52. The molecular weight excluding hydrogens is 1020 g/mol. The van der Waals surface area contributed by atoms with E-state index in [0.29, 0.717) is 19.3 Å². The zero-order valence-electron chi connectivity index (χ0n) is 53.1. The van der Waals surface area contributed by atoms with Crippen LogP contribution in [0.15, 0.2) is 182 Å². The molecule has 6 nitrogen and oxygen atoms in total. The molecule has 1 atom stereocenters. The van der Waals surface area contributed by atoms with Crippen LogP contribution in [0.1, 0.15) is 265 Å². The molecule has 0 radical (unpaired) electrons. The van der Waals surface area contributed by atoms with Crippen LogP contribution in [0.25, 0.3) is 0 Å². The van der Waals surface area contributed by atoms with Gasteiger partial charge in [0.15, 0.2) is 6.10 Å². The van der Waals surface area contributed by atoms with Crippen molar-refractivity contribution in [1.82, 2.24) is 0 Å². The van der Waals surface area contributed by atoms with E-state index in [9.17, 15) is 14.4 Å². The smallest absolute Gasteiger partial charge is 0.306 e. The summed E-state index contributed by atoms with van der Waals surface area (Å²) in [4.78, 5) is 38.4. The third-order valence-electron chi connectivity index (χ3n) is 13.4. The molecule has 0 aromatic heterocycles. The molecule has 0 aliphatic heterocycles. The topological polar surface area (TPSA) is 78.9 Å². The van der Waals surface area contributed by atoms with E-state index in [0.717, 1.165) is 173 Å². The second kappa shape index (κ2) is 69.0. The summed E-state index contributed by atoms with van der Waals surface area (Å²) in [5, 5.41) is 0. The van der Waals surface area contributed by atoms with Gasteiger partial charge in [0, 0.05) is 19.3 Å². The molecule has 0 aromatic rings. The first-order valence-corrected chi connectivity index (χ1v) is 33.3. The van der Waals surface area contributed by atoms with Crippen molar-refractivity contribution in [2.24, 2.45) is 0 Å². The van der Waals surface area contributed by atoms with Crippen LogP contribution in [0.4, 0.5) is 0 Å². The lowest BCUT2D eigenvalue weighted by atomic mass is 10.1. The summed E-state index contributed by atoms with van der Waals surface area (Å²) in [7, 11) is 0. The molecule has 464 valence electrons. The second-order valence-corrected chi connectivity index (χ2v) is 21.2. The van der Waals surface area contributed by atoms with Crippen molar-refractivity contribution in [3.8, 4) is 0 Å². The molecule has 0 amide bonds. The highest BCUT2D eigenvalue weighted by molar-refractivity contribution is 5.71. The van der Waals surface area contributed by atoms with Crippen LogP contribution in [0.3, 0.4) is 0 Å². The summed E-state index contributed by atoms with van der Waals surface area (Å²) in [6, 6.07) is 0. The Morgan fingerprint density at radius 3 is 0.699 bits per heavy atom. The Balaban J connectivity index is 4.45. The zero-order chi connectivity index (χ0) is 59.9. The minimum Gasteiger partial charge on any atom is -0.462 e. The van der Waals surface area contributed by atoms with Gasteiger partial charge < -0.3 is 14.2 Å². The maximum Gasteiger partial charge on any atom is 0.306 e. The summed E-state index contributed by atoms with van der Waals surface area (Å²) in [6.07, 6.45) is 103. The summed E-state index contributed by atoms with van der Waals surface area (Å²) in [5.41, 5.74) is 0. The van der Waals surface area contributed by atoms with Crippen LogP contribution < -0.4 is 0 Å². The van der Waals surface area contributed by atoms with Crippen LogP contribution in [-0.4, -0.2) is 37.2 Å². The fourth-order valence-corrected chi connectivity index (χ4v) is 8.52. The Labute approximate surface area is 510 Å². The maximum absolute atomic E-state index is 12.9. The van der Waals surface area contributed by atoms with E-state index in [1.54, 1.807) is 0 Å². The lowest BCUT2D eigenvalue weighted by Crippen LogP contribution is -2.30. The van der Waals surface area contributed by atoms with Crippen molar-refractivity contribution in [2.75, 3.05) is 13.2 Å². The Bertz CT molecular complexity index is 1940. The van der Waals surface area contributed by atoms with Crippen LogP contribution in [0, 0.1) is 0 Å². The SMILES string of the molecule is CC/C=C\C/C=C\C/C=C\C/C=C\C/C=C\C/C=C\CCCCCCCCCCCCC(=O)OCC(COC(=O)CCCCCCC/C=C\C/C=C\C/C=C\CC)OC(=O)CCCC/C=C\C/C=C\C/C=C\C/C=C\C/C=C\C/C=C\CC. The molecule has 0 rings (SSSR count). The monoisotopic (exact) mass is 1140 g/mol. The standard InChI is InChI=1S/C77H120O6/c1-4-7-10-13-16-19-22-25-28-30-32-34-35-36-37-38-39-40-41-43-44-46-49-52-55-58-61-64-67-70-76(79)82-73-74(72-81-75(78)69-66-63-60-57-54-51-48-27-24-21-18-15-12-9-6-3)83-77(80)71-68-65-62-59-56-53-50-47-45-42-33-31-29-26-23-20-17-14-11-8-5-2/h7-12,16-21,25-29,32-34,36-37,39-40,42,47-48,50,56,59,74H,4-6,13-15,22-24,30-31,35,38,41,43-46,49,51-55,57-58,60-73H2,1-3H3/b10-7-,11-8-,12-9-,19-16-,20-17-,21-18-,28-25-,29-26-,34-32-,37-36-,40-39-,42-33-,48-27-,50-47-,59-56-. The first kappa shape index (κ1) is 77.5. The molecule has 6 heteroatoms. The number of hydrogen-bond acceptors (Lipinski definition) is 6. The molecule has 0 saturated heterocycles. The van der Waals surface area contributed by atoms with Gasteiger partial charge in [0.05, 0.1) is 0 Å². The minimum atomic E-state index is -0.822. The van der Waals surface area contributed by atoms with Gasteiger partial charge >= 0.3 is 17.9 Å². The van der Waals surface area contributed by atoms with E-state index in [-0.39, 0.29) is 37.5 Å². The Morgan fingerprint density at radius 2 is 0.434 bits per heavy atom. The van der Waals surface area contributed by atoms with Crippen LogP contribution in [-0.2, 0) is 28.6 Å². The lowest BCUT2D eigenvalue weighted by molar-refractivity contribution is -0.167. The number of carbonyl (C=O) groups excluding carboxylic acids is 3. The average Bonchev–Trinajstić information content (AvgIpc) is 3.49. The average molecular weight is 1140 g/mol. The van der Waals surface area contributed by atoms with Crippen molar-refractivity contribution in [3.63, 3.8) is 0 Å². The van der Waals surface area contributed by atoms with Crippen molar-refractivity contribution in [2.45, 2.75) is 271 Å². The Morgan fingerprint density at radius 1 is 0.241 bits per heavy atom. The van der Waals surface area contributed by atoms with Crippen molar-refractivity contribution < 1.29 is 28.6 Å². The molecular formula is C77H120O6. The van der Waals surface area contributed by atoms with E-state index >= 15 is 0 Å². The molecule has 0 aromatic carbocycles. The maximum atomic E-state index is 12.9. The van der Waals surface area contributed by atoms with Crippen molar-refractivity contribution in [1.29, 1.82) is 0 Å². The number of unbranched alkanes of at least 4 members (excludes halogenated alkanes) is 17. The van der Waals surface area contributed by atoms with E-state index < -0.39 is 6.10 Å². The third-order valence-corrected chi connectivity index (χ3v) is 13.4. The molecule has 0 spiro atoms. The van der Waals surface area contributed by atoms with Crippen LogP contribution in [0.5, 0.6) is 0 Å². The molecule has 0 fully saturated rings. The summed E-state index contributed by atoms with van der Waals surface area (Å²) < 4.78 is 16.9. The molecule has 1 unspecified atom stereocenters. The Hall–Kier alpha value is -5.49. The highest BCUT2D eigenvalue weighted by Crippen LogP contribution is 2.14. The van der Waals surface area contributed by atoms with Gasteiger partial charge in [-0.2, -0.15) is 0 Å². The normalized spacial score (nSPS) is 13.3. The minimum absolute atomic E-state index is 0.112. The van der Waals surface area contributed by atoms with E-state index in [2.05, 4.69) is 203 Å². The molecule has 0 aliphatic rings. The van der Waals surface area contributed by atoms with Crippen molar-refractivity contribution >= 4 is 17.9 Å². The number of hydrogen-bond donors (Lipinski definition) is 0. The van der Waals surface area contributed by atoms with Gasteiger partial charge in [-0.05, 0) is 154 Å². The molecule has 83 heavy (non-hydrogen) atoms. The number of carbonyl (C=O) groups is 3. The van der Waals surface area contributed by atoms with Gasteiger partial charge in [-0.25, -0.2) is 0 Å². The van der Waals surface area contributed by atoms with Gasteiger partial charge in [-0.15, -0.1) is 0 Å². The summed E-state index contributed by atoms with van der Waals surface area (Å²) in [5.74, 6) is -0.982. The number of rotatable bonds is 58. The predicted octanol–water partition coefficient (Wildman–Crippen LogP) is 23.2. The fraction of sp³-hybridized carbons (Fsp3) is 0.571. The van der Waals surface area contributed by atoms with E-state index in [1.807, 2.05) is 0 Å². The van der Waals surface area contributed by atoms with Gasteiger partial charge in [0.25, 0.3) is 0 Å². The van der Waals surface area contributed by atoms with Gasteiger partial charge in [0.1, 0.15) is 13.2 Å². The second-order valence-electron chi connectivity index (χ2n) is 21.2. The quantitative estimate of drug-likeness (QED) is 0.0261. The summed E-state index contributed by atoms with van der Waals surface area (Å²) >= 11 is 0. The van der Waals surface area contributed by atoms with Gasteiger partial charge in [-0.3, -0.25) is 14.4 Å². The first-order valence-electron chi connectivity index (χ1n) is 33.3. The van der Waals surface area contributed by atoms with Crippen LogP contribution in [0.2, 0.25) is 0 Å². The first-order chi connectivity index (χ1) is 41.0. The van der Waals surface area contributed by atoms with Gasteiger partial charge in [-0.1, -0.05) is 274 Å². The molecule has 0 N–H and O–H groups in total. The van der Waals surface area contributed by atoms with E-state index in [4.69, 9.17) is 14.2 Å². The molecule has 0 saturated carbocycles. The number of allylic oxidation sites excluding steroid dienone is 30. The largest absolute Gasteiger partial charge is 0.462 e.